The van der Waals surface area contributed by atoms with Crippen LogP contribution >= 0.6 is 0 Å². The van der Waals surface area contributed by atoms with Crippen molar-refractivity contribution in [2.24, 2.45) is 0 Å². The van der Waals surface area contributed by atoms with Crippen molar-refractivity contribution in [3.8, 4) is 5.88 Å². The van der Waals surface area contributed by atoms with Gasteiger partial charge in [-0.25, -0.2) is 4.79 Å². The third-order valence-corrected chi connectivity index (χ3v) is 5.95. The van der Waals surface area contributed by atoms with Gasteiger partial charge in [-0.15, -0.1) is 5.10 Å². The predicted molar refractivity (Wildman–Crippen MR) is 123 cm³/mol. The maximum absolute atomic E-state index is 12.4. The molecule has 186 valence electrons. The van der Waals surface area contributed by atoms with Crippen molar-refractivity contribution in [2.75, 3.05) is 52.1 Å². The van der Waals surface area contributed by atoms with Crippen LogP contribution < -0.4 is 10.1 Å². The Hall–Kier alpha value is -2.66. The van der Waals surface area contributed by atoms with E-state index >= 15 is 0 Å². The fraction of sp³-hybridized carbons (Fsp3) is 0.583. The van der Waals surface area contributed by atoms with Crippen LogP contribution in [0.25, 0.3) is 0 Å². The largest absolute Gasteiger partial charge is 0.473 e. The van der Waals surface area contributed by atoms with Crippen molar-refractivity contribution in [2.45, 2.75) is 44.1 Å². The van der Waals surface area contributed by atoms with Gasteiger partial charge < -0.3 is 28.4 Å². The van der Waals surface area contributed by atoms with Crippen molar-refractivity contribution < 1.29 is 33.2 Å². The number of rotatable bonds is 11. The quantitative estimate of drug-likeness (QED) is 0.493. The molecule has 10 heteroatoms. The molecule has 1 saturated carbocycles. The van der Waals surface area contributed by atoms with E-state index < -0.39 is 11.9 Å². The highest BCUT2D eigenvalue weighted by molar-refractivity contribution is 5.86. The summed E-state index contributed by atoms with van der Waals surface area (Å²) in [4.78, 5) is 12.4. The second kappa shape index (κ2) is 12.2. The van der Waals surface area contributed by atoms with E-state index in [1.807, 2.05) is 35.0 Å². The van der Waals surface area contributed by atoms with Crippen LogP contribution in [-0.4, -0.2) is 68.4 Å². The Balaban J connectivity index is 1.36. The summed E-state index contributed by atoms with van der Waals surface area (Å²) in [7, 11) is 1.62. The van der Waals surface area contributed by atoms with Crippen LogP contribution in [0, 0.1) is 0 Å². The van der Waals surface area contributed by atoms with Gasteiger partial charge in [-0.05, 0) is 18.4 Å². The smallest absolute Gasteiger partial charge is 0.412 e. The van der Waals surface area contributed by atoms with Gasteiger partial charge in [-0.3, -0.25) is 10.00 Å². The molecule has 2 aliphatic rings. The highest BCUT2D eigenvalue weighted by Crippen LogP contribution is 2.41. The number of hydrogen-bond acceptors (Lipinski definition) is 8. The Kier molecular flexibility index (Phi) is 8.75. The number of hydrogen-bond donors (Lipinski definition) is 1. The zero-order chi connectivity index (χ0) is 23.6. The molecule has 0 radical (unpaired) electrons. The molecule has 0 atom stereocenters. The van der Waals surface area contributed by atoms with Crippen molar-refractivity contribution >= 4 is 11.8 Å². The average molecular weight is 476 g/mol. The molecule has 1 aromatic carbocycles. The van der Waals surface area contributed by atoms with Gasteiger partial charge in [0.05, 0.1) is 45.3 Å². The van der Waals surface area contributed by atoms with E-state index in [-0.39, 0.29) is 12.6 Å². The van der Waals surface area contributed by atoms with Crippen LogP contribution in [0.5, 0.6) is 5.88 Å². The zero-order valence-electron chi connectivity index (χ0n) is 19.6. The first-order valence-corrected chi connectivity index (χ1v) is 11.7. The lowest BCUT2D eigenvalue weighted by molar-refractivity contribution is -0.181. The molecule has 1 aliphatic carbocycles. The second-order valence-electron chi connectivity index (χ2n) is 8.31. The number of nitrogens with one attached hydrogen (secondary N) is 1. The highest BCUT2D eigenvalue weighted by Gasteiger charge is 2.41. The lowest BCUT2D eigenvalue weighted by Crippen LogP contribution is -2.35. The van der Waals surface area contributed by atoms with Gasteiger partial charge in [0.15, 0.2) is 5.79 Å². The first-order chi connectivity index (χ1) is 16.7. The van der Waals surface area contributed by atoms with Crippen molar-refractivity contribution in [1.82, 2.24) is 9.78 Å². The maximum atomic E-state index is 12.4. The van der Waals surface area contributed by atoms with Crippen molar-refractivity contribution in [1.29, 1.82) is 0 Å². The molecule has 1 aromatic heterocycles. The number of anilines is 1. The van der Waals surface area contributed by atoms with Crippen LogP contribution in [0.2, 0.25) is 0 Å². The standard InChI is InChI=1S/C24H33N3O7/c1-29-11-12-30-13-14-31-22-21(25-23(28)32-18-19-5-3-2-4-6-19)17-27(26-22)20-7-9-24(10-8-20)33-15-16-34-24/h2-6,17,20H,7-16,18H2,1H3,(H,25,28). The Morgan fingerprint density at radius 1 is 1.12 bits per heavy atom. The van der Waals surface area contributed by atoms with E-state index in [9.17, 15) is 4.79 Å². The molecule has 1 N–H and O–H groups in total. The second-order valence-corrected chi connectivity index (χ2v) is 8.31. The summed E-state index contributed by atoms with van der Waals surface area (Å²) in [5.74, 6) is -0.106. The van der Waals surface area contributed by atoms with Gasteiger partial charge >= 0.3 is 6.09 Å². The van der Waals surface area contributed by atoms with Gasteiger partial charge in [0.2, 0.25) is 0 Å². The topological polar surface area (TPSA) is 102 Å². The minimum Gasteiger partial charge on any atom is -0.473 e. The molecule has 34 heavy (non-hydrogen) atoms. The van der Waals surface area contributed by atoms with Crippen LogP contribution in [0.3, 0.4) is 0 Å². The van der Waals surface area contributed by atoms with E-state index in [0.29, 0.717) is 51.2 Å². The molecule has 1 saturated heterocycles. The van der Waals surface area contributed by atoms with E-state index in [0.717, 1.165) is 31.2 Å². The number of ether oxygens (including phenoxy) is 6. The third kappa shape index (κ3) is 6.69. The summed E-state index contributed by atoms with van der Waals surface area (Å²) in [5, 5.41) is 7.39. The first-order valence-electron chi connectivity index (χ1n) is 11.7. The summed E-state index contributed by atoms with van der Waals surface area (Å²) in [6.07, 6.45) is 4.56. The Morgan fingerprint density at radius 3 is 2.59 bits per heavy atom. The first kappa shape index (κ1) is 24.5. The van der Waals surface area contributed by atoms with Crippen LogP contribution in [0.15, 0.2) is 36.5 Å². The van der Waals surface area contributed by atoms with E-state index in [2.05, 4.69) is 10.4 Å². The van der Waals surface area contributed by atoms with Crippen molar-refractivity contribution in [3.05, 3.63) is 42.1 Å². The Morgan fingerprint density at radius 2 is 1.85 bits per heavy atom. The molecular formula is C24H33N3O7. The third-order valence-electron chi connectivity index (χ3n) is 5.95. The monoisotopic (exact) mass is 475 g/mol. The minimum atomic E-state index is -0.569. The summed E-state index contributed by atoms with van der Waals surface area (Å²) < 4.78 is 35.1. The SMILES string of the molecule is COCCOCCOc1nn(C2CCC3(CC2)OCCO3)cc1NC(=O)OCc1ccccc1. The lowest BCUT2D eigenvalue weighted by Gasteiger charge is -2.35. The normalized spacial score (nSPS) is 17.7. The molecule has 1 aliphatic heterocycles. The van der Waals surface area contributed by atoms with E-state index in [1.54, 1.807) is 13.3 Å². The number of methoxy groups -OCH3 is 1. The molecule has 1 spiro atoms. The van der Waals surface area contributed by atoms with E-state index in [1.165, 1.54) is 0 Å². The Labute approximate surface area is 199 Å². The lowest BCUT2D eigenvalue weighted by atomic mass is 9.90. The van der Waals surface area contributed by atoms with Crippen LogP contribution in [0.4, 0.5) is 10.5 Å². The molecule has 4 rings (SSSR count). The predicted octanol–water partition coefficient (Wildman–Crippen LogP) is 3.53. The van der Waals surface area contributed by atoms with Gasteiger partial charge in [-0.1, -0.05) is 30.3 Å². The number of aromatic nitrogens is 2. The molecule has 2 aromatic rings. The summed E-state index contributed by atoms with van der Waals surface area (Å²) in [6.45, 7) is 3.16. The Bertz CT molecular complexity index is 889. The number of nitrogens with zero attached hydrogens (tertiary/aromatic N) is 2. The van der Waals surface area contributed by atoms with Gasteiger partial charge in [-0.2, -0.15) is 0 Å². The zero-order valence-corrected chi connectivity index (χ0v) is 19.6. The fourth-order valence-electron chi connectivity index (χ4n) is 4.16. The van der Waals surface area contributed by atoms with Crippen molar-refractivity contribution in [3.63, 3.8) is 0 Å². The molecule has 0 unspecified atom stereocenters. The van der Waals surface area contributed by atoms with Gasteiger partial charge in [0, 0.05) is 20.0 Å². The molecule has 1 amide bonds. The average Bonchev–Trinajstić information content (AvgIpc) is 3.48. The fourth-order valence-corrected chi connectivity index (χ4v) is 4.16. The van der Waals surface area contributed by atoms with Gasteiger partial charge in [0.1, 0.15) is 18.9 Å². The molecule has 10 nitrogen and oxygen atoms in total. The number of amides is 1. The molecule has 0 bridgehead atoms. The highest BCUT2D eigenvalue weighted by atomic mass is 16.7. The summed E-state index contributed by atoms with van der Waals surface area (Å²) in [5.41, 5.74) is 1.37. The van der Waals surface area contributed by atoms with Crippen LogP contribution in [-0.2, 0) is 30.3 Å². The number of benzene rings is 1. The summed E-state index contributed by atoms with van der Waals surface area (Å²) in [6, 6.07) is 9.68. The van der Waals surface area contributed by atoms with E-state index in [4.69, 9.17) is 28.4 Å². The molecule has 2 heterocycles. The number of carbonyl (C=O) groups is 1. The molecular weight excluding hydrogens is 442 g/mol. The summed E-state index contributed by atoms with van der Waals surface area (Å²) >= 11 is 0. The van der Waals surface area contributed by atoms with Crippen LogP contribution in [0.1, 0.15) is 37.3 Å². The number of carbonyl (C=O) groups excluding carboxylic acids is 1. The van der Waals surface area contributed by atoms with Gasteiger partial charge in [0.25, 0.3) is 5.88 Å². The molecule has 2 fully saturated rings. The maximum Gasteiger partial charge on any atom is 0.412 e. The minimum absolute atomic E-state index is 0.162.